The summed E-state index contributed by atoms with van der Waals surface area (Å²) in [5, 5.41) is 12.8. The summed E-state index contributed by atoms with van der Waals surface area (Å²) in [5.41, 5.74) is 0.0828. The SMILES string of the molecule is CCCc1cc(NC2(C(=O)O)CCC(C)CC2)ncn1. The second-order valence-corrected chi connectivity index (χ2v) is 5.84. The number of anilines is 1. The molecule has 1 aromatic rings. The van der Waals surface area contributed by atoms with Gasteiger partial charge in [-0.15, -0.1) is 0 Å². The topological polar surface area (TPSA) is 75.1 Å². The van der Waals surface area contributed by atoms with Gasteiger partial charge >= 0.3 is 5.97 Å². The quantitative estimate of drug-likeness (QED) is 0.865. The number of nitrogens with zero attached hydrogens (tertiary/aromatic N) is 2. The first-order valence-electron chi connectivity index (χ1n) is 7.38. The zero-order valence-electron chi connectivity index (χ0n) is 12.2. The predicted molar refractivity (Wildman–Crippen MR) is 77.6 cm³/mol. The molecular formula is C15H23N3O2. The van der Waals surface area contributed by atoms with Crippen LogP contribution in [-0.4, -0.2) is 26.6 Å². The van der Waals surface area contributed by atoms with Gasteiger partial charge in [0.1, 0.15) is 17.7 Å². The molecule has 20 heavy (non-hydrogen) atoms. The van der Waals surface area contributed by atoms with E-state index in [0.29, 0.717) is 24.6 Å². The lowest BCUT2D eigenvalue weighted by molar-refractivity contribution is -0.143. The Balaban J connectivity index is 2.16. The summed E-state index contributed by atoms with van der Waals surface area (Å²) in [6.07, 6.45) is 6.58. The molecule has 5 heteroatoms. The number of hydrogen-bond donors (Lipinski definition) is 2. The number of carboxylic acids is 1. The van der Waals surface area contributed by atoms with Crippen LogP contribution in [0, 0.1) is 5.92 Å². The molecule has 0 spiro atoms. The van der Waals surface area contributed by atoms with Gasteiger partial charge in [0.15, 0.2) is 0 Å². The third kappa shape index (κ3) is 3.26. The van der Waals surface area contributed by atoms with E-state index in [9.17, 15) is 9.90 Å². The van der Waals surface area contributed by atoms with E-state index in [4.69, 9.17) is 0 Å². The number of hydrogen-bond acceptors (Lipinski definition) is 4. The lowest BCUT2D eigenvalue weighted by Gasteiger charge is -2.36. The molecule has 0 radical (unpaired) electrons. The lowest BCUT2D eigenvalue weighted by Crippen LogP contribution is -2.49. The zero-order valence-corrected chi connectivity index (χ0v) is 12.2. The largest absolute Gasteiger partial charge is 0.480 e. The van der Waals surface area contributed by atoms with Crippen molar-refractivity contribution in [1.82, 2.24) is 9.97 Å². The fraction of sp³-hybridized carbons (Fsp3) is 0.667. The first kappa shape index (κ1) is 14.8. The average Bonchev–Trinajstić information content (AvgIpc) is 2.42. The molecule has 0 bridgehead atoms. The second-order valence-electron chi connectivity index (χ2n) is 5.84. The standard InChI is InChI=1S/C15H23N3O2/c1-3-4-12-9-13(17-10-16-12)18-15(14(19)20)7-5-11(2)6-8-15/h9-11H,3-8H2,1-2H3,(H,19,20)(H,16,17,18). The monoisotopic (exact) mass is 277 g/mol. The maximum absolute atomic E-state index is 11.7. The Hall–Kier alpha value is -1.65. The highest BCUT2D eigenvalue weighted by Crippen LogP contribution is 2.34. The van der Waals surface area contributed by atoms with E-state index in [-0.39, 0.29) is 0 Å². The number of nitrogens with one attached hydrogen (secondary N) is 1. The summed E-state index contributed by atoms with van der Waals surface area (Å²) in [6.45, 7) is 4.27. The summed E-state index contributed by atoms with van der Waals surface area (Å²) in [4.78, 5) is 20.1. The average molecular weight is 277 g/mol. The molecular weight excluding hydrogens is 254 g/mol. The second kappa shape index (κ2) is 6.20. The van der Waals surface area contributed by atoms with Crippen LogP contribution in [0.1, 0.15) is 51.6 Å². The van der Waals surface area contributed by atoms with Crippen LogP contribution >= 0.6 is 0 Å². The maximum Gasteiger partial charge on any atom is 0.329 e. The Bertz CT molecular complexity index is 468. The molecule has 0 aliphatic heterocycles. The Kier molecular flexibility index (Phi) is 4.57. The summed E-state index contributed by atoms with van der Waals surface area (Å²) in [5.74, 6) is 0.450. The van der Waals surface area contributed by atoms with Crippen LogP contribution in [0.3, 0.4) is 0 Å². The highest BCUT2D eigenvalue weighted by atomic mass is 16.4. The van der Waals surface area contributed by atoms with Gasteiger partial charge in [-0.2, -0.15) is 0 Å². The maximum atomic E-state index is 11.7. The molecule has 0 atom stereocenters. The molecule has 1 saturated carbocycles. The van der Waals surface area contributed by atoms with Crippen molar-refractivity contribution in [1.29, 1.82) is 0 Å². The molecule has 0 unspecified atom stereocenters. The molecule has 1 aliphatic rings. The number of carboxylic acid groups (broad SMARTS) is 1. The molecule has 0 saturated heterocycles. The van der Waals surface area contributed by atoms with E-state index in [0.717, 1.165) is 31.4 Å². The summed E-state index contributed by atoms with van der Waals surface area (Å²) < 4.78 is 0. The van der Waals surface area contributed by atoms with Crippen molar-refractivity contribution in [2.24, 2.45) is 5.92 Å². The van der Waals surface area contributed by atoms with Gasteiger partial charge in [0, 0.05) is 11.8 Å². The minimum Gasteiger partial charge on any atom is -0.480 e. The van der Waals surface area contributed by atoms with Gasteiger partial charge in [-0.05, 0) is 38.0 Å². The predicted octanol–water partition coefficient (Wildman–Crippen LogP) is 2.87. The molecule has 2 rings (SSSR count). The van der Waals surface area contributed by atoms with Crippen molar-refractivity contribution >= 4 is 11.8 Å². The minimum absolute atomic E-state index is 0.602. The van der Waals surface area contributed by atoms with Gasteiger partial charge in [0.05, 0.1) is 0 Å². The zero-order chi connectivity index (χ0) is 14.6. The van der Waals surface area contributed by atoms with Gasteiger partial charge in [-0.1, -0.05) is 20.3 Å². The van der Waals surface area contributed by atoms with Crippen LogP contribution in [0.5, 0.6) is 0 Å². The highest BCUT2D eigenvalue weighted by molar-refractivity contribution is 5.82. The van der Waals surface area contributed by atoms with E-state index in [2.05, 4.69) is 29.1 Å². The van der Waals surface area contributed by atoms with Crippen LogP contribution in [-0.2, 0) is 11.2 Å². The fourth-order valence-electron chi connectivity index (χ4n) is 2.75. The van der Waals surface area contributed by atoms with Crippen molar-refractivity contribution in [3.63, 3.8) is 0 Å². The Labute approximate surface area is 119 Å². The third-order valence-electron chi connectivity index (χ3n) is 4.13. The summed E-state index contributed by atoms with van der Waals surface area (Å²) in [6, 6.07) is 1.87. The van der Waals surface area contributed by atoms with E-state index >= 15 is 0 Å². The molecule has 0 amide bonds. The van der Waals surface area contributed by atoms with Gasteiger partial charge in [0.25, 0.3) is 0 Å². The molecule has 1 aliphatic carbocycles. The van der Waals surface area contributed by atoms with E-state index < -0.39 is 11.5 Å². The molecule has 1 aromatic heterocycles. The molecule has 2 N–H and O–H groups in total. The van der Waals surface area contributed by atoms with Gasteiger partial charge < -0.3 is 10.4 Å². The van der Waals surface area contributed by atoms with E-state index in [1.54, 1.807) is 0 Å². The van der Waals surface area contributed by atoms with Crippen LogP contribution in [0.15, 0.2) is 12.4 Å². The molecule has 1 heterocycles. The lowest BCUT2D eigenvalue weighted by atomic mass is 9.77. The first-order chi connectivity index (χ1) is 9.55. The van der Waals surface area contributed by atoms with E-state index in [1.165, 1.54) is 6.33 Å². The van der Waals surface area contributed by atoms with Gasteiger partial charge in [-0.25, -0.2) is 14.8 Å². The van der Waals surface area contributed by atoms with Crippen molar-refractivity contribution in [3.05, 3.63) is 18.1 Å². The molecule has 5 nitrogen and oxygen atoms in total. The van der Waals surface area contributed by atoms with Crippen molar-refractivity contribution in [2.45, 2.75) is 57.9 Å². The number of aromatic nitrogens is 2. The Morgan fingerprint density at radius 3 is 2.75 bits per heavy atom. The summed E-state index contributed by atoms with van der Waals surface area (Å²) >= 11 is 0. The highest BCUT2D eigenvalue weighted by Gasteiger charge is 2.41. The van der Waals surface area contributed by atoms with Crippen LogP contribution in [0.4, 0.5) is 5.82 Å². The smallest absolute Gasteiger partial charge is 0.329 e. The number of carbonyl (C=O) groups is 1. The Morgan fingerprint density at radius 1 is 1.45 bits per heavy atom. The van der Waals surface area contributed by atoms with Crippen LogP contribution in [0.25, 0.3) is 0 Å². The molecule has 0 aromatic carbocycles. The fourth-order valence-corrected chi connectivity index (χ4v) is 2.75. The number of rotatable bonds is 5. The third-order valence-corrected chi connectivity index (χ3v) is 4.13. The van der Waals surface area contributed by atoms with E-state index in [1.807, 2.05) is 6.07 Å². The van der Waals surface area contributed by atoms with Crippen molar-refractivity contribution in [3.8, 4) is 0 Å². The van der Waals surface area contributed by atoms with Crippen molar-refractivity contribution < 1.29 is 9.90 Å². The molecule has 110 valence electrons. The number of aliphatic carboxylic acids is 1. The number of aryl methyl sites for hydroxylation is 1. The van der Waals surface area contributed by atoms with Gasteiger partial charge in [-0.3, -0.25) is 0 Å². The van der Waals surface area contributed by atoms with Crippen LogP contribution < -0.4 is 5.32 Å². The normalized spacial score (nSPS) is 26.2. The van der Waals surface area contributed by atoms with Gasteiger partial charge in [0.2, 0.25) is 0 Å². The Morgan fingerprint density at radius 2 is 2.15 bits per heavy atom. The molecule has 1 fully saturated rings. The summed E-state index contributed by atoms with van der Waals surface area (Å²) in [7, 11) is 0. The minimum atomic E-state index is -0.871. The first-order valence-corrected chi connectivity index (χ1v) is 7.38. The van der Waals surface area contributed by atoms with Crippen LogP contribution in [0.2, 0.25) is 0 Å². The van der Waals surface area contributed by atoms with Crippen molar-refractivity contribution in [2.75, 3.05) is 5.32 Å².